The van der Waals surface area contributed by atoms with E-state index in [0.717, 1.165) is 6.04 Å². The summed E-state index contributed by atoms with van der Waals surface area (Å²) in [5, 5.41) is 3.70. The predicted molar refractivity (Wildman–Crippen MR) is 71.8 cm³/mol. The lowest BCUT2D eigenvalue weighted by Crippen LogP contribution is -2.35. The Bertz CT molecular complexity index is 193. The van der Waals surface area contributed by atoms with Crippen molar-refractivity contribution >= 4 is 0 Å². The summed E-state index contributed by atoms with van der Waals surface area (Å²) in [5.74, 6) is 0. The van der Waals surface area contributed by atoms with Crippen LogP contribution < -0.4 is 5.32 Å². The highest BCUT2D eigenvalue weighted by molar-refractivity contribution is 4.82. The van der Waals surface area contributed by atoms with Crippen LogP contribution in [0.4, 0.5) is 0 Å². The number of likely N-dealkylation sites (tertiary alicyclic amines) is 1. The molecule has 1 aliphatic heterocycles. The summed E-state index contributed by atoms with van der Waals surface area (Å²) in [5.41, 5.74) is 0.487. The molecule has 1 heterocycles. The van der Waals surface area contributed by atoms with E-state index in [-0.39, 0.29) is 0 Å². The molecule has 2 nitrogen and oxygen atoms in total. The molecule has 0 saturated carbocycles. The van der Waals surface area contributed by atoms with Crippen LogP contribution in [0, 0.1) is 5.41 Å². The molecule has 1 unspecified atom stereocenters. The van der Waals surface area contributed by atoms with E-state index in [1.165, 1.54) is 38.9 Å². The molecule has 0 aromatic heterocycles. The molecule has 0 radical (unpaired) electrons. The van der Waals surface area contributed by atoms with Gasteiger partial charge in [-0.3, -0.25) is 4.90 Å². The van der Waals surface area contributed by atoms with Crippen molar-refractivity contribution in [2.75, 3.05) is 19.6 Å². The van der Waals surface area contributed by atoms with Gasteiger partial charge in [-0.1, -0.05) is 20.8 Å². The SMILES string of the molecule is CC(C)N1CCC(NCCCC(C)(C)C)C1. The zero-order valence-corrected chi connectivity index (χ0v) is 11.8. The third kappa shape index (κ3) is 5.31. The van der Waals surface area contributed by atoms with Crippen molar-refractivity contribution in [2.45, 2.75) is 66.0 Å². The smallest absolute Gasteiger partial charge is 0.0207 e. The van der Waals surface area contributed by atoms with Crippen LogP contribution in [0.2, 0.25) is 0 Å². The van der Waals surface area contributed by atoms with Crippen LogP contribution in [0.3, 0.4) is 0 Å². The molecule has 1 aliphatic rings. The Balaban J connectivity index is 2.07. The van der Waals surface area contributed by atoms with Crippen molar-refractivity contribution in [3.8, 4) is 0 Å². The molecular weight excluding hydrogens is 196 g/mol. The van der Waals surface area contributed by atoms with Crippen molar-refractivity contribution in [3.63, 3.8) is 0 Å². The van der Waals surface area contributed by atoms with E-state index in [4.69, 9.17) is 0 Å². The van der Waals surface area contributed by atoms with E-state index < -0.39 is 0 Å². The Morgan fingerprint density at radius 1 is 1.31 bits per heavy atom. The summed E-state index contributed by atoms with van der Waals surface area (Å²) in [4.78, 5) is 2.57. The minimum atomic E-state index is 0.487. The van der Waals surface area contributed by atoms with Crippen molar-refractivity contribution in [1.29, 1.82) is 0 Å². The number of hydrogen-bond donors (Lipinski definition) is 1. The van der Waals surface area contributed by atoms with Gasteiger partial charge in [-0.2, -0.15) is 0 Å². The zero-order valence-electron chi connectivity index (χ0n) is 11.8. The topological polar surface area (TPSA) is 15.3 Å². The second-order valence-corrected chi connectivity index (χ2v) is 6.69. The first-order chi connectivity index (χ1) is 7.38. The molecule has 1 N–H and O–H groups in total. The molecule has 96 valence electrons. The fraction of sp³-hybridized carbons (Fsp3) is 1.00. The van der Waals surface area contributed by atoms with Gasteiger partial charge in [0.25, 0.3) is 0 Å². The molecular formula is C14H30N2. The van der Waals surface area contributed by atoms with Gasteiger partial charge in [0.2, 0.25) is 0 Å². The summed E-state index contributed by atoms with van der Waals surface area (Å²) in [6.07, 6.45) is 3.95. The second-order valence-electron chi connectivity index (χ2n) is 6.69. The highest BCUT2D eigenvalue weighted by Crippen LogP contribution is 2.20. The lowest BCUT2D eigenvalue weighted by atomic mass is 9.90. The van der Waals surface area contributed by atoms with Crippen LogP contribution in [-0.2, 0) is 0 Å². The quantitative estimate of drug-likeness (QED) is 0.725. The first-order valence-corrected chi connectivity index (χ1v) is 6.86. The fourth-order valence-electron chi connectivity index (χ4n) is 2.35. The molecule has 1 atom stereocenters. The molecule has 0 aromatic carbocycles. The normalized spacial score (nSPS) is 23.2. The Hall–Kier alpha value is -0.0800. The third-order valence-electron chi connectivity index (χ3n) is 3.49. The summed E-state index contributed by atoms with van der Waals surface area (Å²) in [6, 6.07) is 1.45. The molecule has 2 heteroatoms. The monoisotopic (exact) mass is 226 g/mol. The van der Waals surface area contributed by atoms with Crippen LogP contribution in [0.5, 0.6) is 0 Å². The maximum Gasteiger partial charge on any atom is 0.0207 e. The Kier molecular flexibility index (Phi) is 5.26. The van der Waals surface area contributed by atoms with Gasteiger partial charge in [0.1, 0.15) is 0 Å². The van der Waals surface area contributed by atoms with Gasteiger partial charge >= 0.3 is 0 Å². The summed E-state index contributed by atoms with van der Waals surface area (Å²) >= 11 is 0. The molecule has 16 heavy (non-hydrogen) atoms. The largest absolute Gasteiger partial charge is 0.313 e. The molecule has 0 spiro atoms. The van der Waals surface area contributed by atoms with E-state index in [9.17, 15) is 0 Å². The highest BCUT2D eigenvalue weighted by atomic mass is 15.2. The van der Waals surface area contributed by atoms with Gasteiger partial charge in [0.15, 0.2) is 0 Å². The maximum atomic E-state index is 3.70. The summed E-state index contributed by atoms with van der Waals surface area (Å²) in [6.45, 7) is 15.3. The number of hydrogen-bond acceptors (Lipinski definition) is 2. The zero-order chi connectivity index (χ0) is 12.2. The molecule has 1 saturated heterocycles. The van der Waals surface area contributed by atoms with E-state index in [2.05, 4.69) is 44.8 Å². The Morgan fingerprint density at radius 2 is 2.00 bits per heavy atom. The third-order valence-corrected chi connectivity index (χ3v) is 3.49. The lowest BCUT2D eigenvalue weighted by Gasteiger charge is -2.21. The average molecular weight is 226 g/mol. The second kappa shape index (κ2) is 6.02. The molecule has 0 bridgehead atoms. The maximum absolute atomic E-state index is 3.70. The van der Waals surface area contributed by atoms with E-state index >= 15 is 0 Å². The molecule has 0 aromatic rings. The average Bonchev–Trinajstić information content (AvgIpc) is 2.59. The number of nitrogens with one attached hydrogen (secondary N) is 1. The predicted octanol–water partition coefficient (Wildman–Crippen LogP) is 2.89. The number of nitrogens with zero attached hydrogens (tertiary/aromatic N) is 1. The molecule has 0 aliphatic carbocycles. The van der Waals surface area contributed by atoms with Crippen LogP contribution in [0.25, 0.3) is 0 Å². The Labute approximate surface area is 102 Å². The van der Waals surface area contributed by atoms with Crippen molar-refractivity contribution in [3.05, 3.63) is 0 Å². The first kappa shape index (κ1) is 14.0. The standard InChI is InChI=1S/C14H30N2/c1-12(2)16-10-7-13(11-16)15-9-6-8-14(3,4)5/h12-13,15H,6-11H2,1-5H3. The van der Waals surface area contributed by atoms with E-state index in [1.807, 2.05) is 0 Å². The van der Waals surface area contributed by atoms with Crippen LogP contribution in [-0.4, -0.2) is 36.6 Å². The van der Waals surface area contributed by atoms with E-state index in [0.29, 0.717) is 11.5 Å². The molecule has 0 amide bonds. The van der Waals surface area contributed by atoms with Crippen molar-refractivity contribution in [1.82, 2.24) is 10.2 Å². The number of rotatable bonds is 5. The lowest BCUT2D eigenvalue weighted by molar-refractivity contribution is 0.267. The van der Waals surface area contributed by atoms with Gasteiger partial charge in [0, 0.05) is 18.6 Å². The molecule has 1 fully saturated rings. The highest BCUT2D eigenvalue weighted by Gasteiger charge is 2.23. The summed E-state index contributed by atoms with van der Waals surface area (Å²) in [7, 11) is 0. The summed E-state index contributed by atoms with van der Waals surface area (Å²) < 4.78 is 0. The van der Waals surface area contributed by atoms with E-state index in [1.54, 1.807) is 0 Å². The van der Waals surface area contributed by atoms with Crippen molar-refractivity contribution < 1.29 is 0 Å². The van der Waals surface area contributed by atoms with Crippen molar-refractivity contribution in [2.24, 2.45) is 5.41 Å². The van der Waals surface area contributed by atoms with Crippen LogP contribution in [0.1, 0.15) is 53.9 Å². The molecule has 1 rings (SSSR count). The fourth-order valence-corrected chi connectivity index (χ4v) is 2.35. The van der Waals surface area contributed by atoms with Gasteiger partial charge in [-0.25, -0.2) is 0 Å². The Morgan fingerprint density at radius 3 is 2.50 bits per heavy atom. The minimum absolute atomic E-state index is 0.487. The minimum Gasteiger partial charge on any atom is -0.313 e. The van der Waals surface area contributed by atoms with Gasteiger partial charge < -0.3 is 5.32 Å². The first-order valence-electron chi connectivity index (χ1n) is 6.86. The van der Waals surface area contributed by atoms with Gasteiger partial charge in [0.05, 0.1) is 0 Å². The van der Waals surface area contributed by atoms with Gasteiger partial charge in [-0.05, 0) is 51.6 Å². The van der Waals surface area contributed by atoms with Crippen LogP contribution in [0.15, 0.2) is 0 Å². The van der Waals surface area contributed by atoms with Gasteiger partial charge in [-0.15, -0.1) is 0 Å². The van der Waals surface area contributed by atoms with Crippen LogP contribution >= 0.6 is 0 Å².